The van der Waals surface area contributed by atoms with E-state index >= 15 is 0 Å². The molecule has 0 bridgehead atoms. The van der Waals surface area contributed by atoms with Gasteiger partial charge in [-0.25, -0.2) is 0 Å². The fraction of sp³-hybridized carbons (Fsp3) is 0.231. The topological polar surface area (TPSA) is 105 Å². The minimum Gasteiger partial charge on any atom is -0.496 e. The van der Waals surface area contributed by atoms with Gasteiger partial charge in [-0.3, -0.25) is 19.2 Å². The maximum absolute atomic E-state index is 13.6. The van der Waals surface area contributed by atoms with Crippen LogP contribution < -0.4 is 18.9 Å². The van der Waals surface area contributed by atoms with Crippen molar-refractivity contribution in [3.63, 3.8) is 0 Å². The van der Waals surface area contributed by atoms with E-state index in [0.29, 0.717) is 11.1 Å². The van der Waals surface area contributed by atoms with Crippen LogP contribution in [0.4, 0.5) is 0 Å². The molecule has 0 saturated carbocycles. The van der Waals surface area contributed by atoms with Crippen molar-refractivity contribution < 1.29 is 38.1 Å². The highest BCUT2D eigenvalue weighted by Crippen LogP contribution is 2.43. The highest BCUT2D eigenvalue weighted by Gasteiger charge is 2.40. The molecule has 0 amide bonds. The molecule has 8 nitrogen and oxygen atoms in total. The SMILES string of the molecule is COc1cc(C)c(OC)c2c1C(=O)C(C1=CC(=O)c3c(OC)c(C)cc(OC)c3C1=O)=CC2=O. The largest absolute Gasteiger partial charge is 0.496 e. The number of carbonyl (C=O) groups is 4. The number of carbonyl (C=O) groups excluding carboxylic acids is 4. The van der Waals surface area contributed by atoms with Crippen LogP contribution in [0.15, 0.2) is 35.4 Å². The molecule has 0 atom stereocenters. The minimum atomic E-state index is -0.626. The smallest absolute Gasteiger partial charge is 0.198 e. The quantitative estimate of drug-likeness (QED) is 0.663. The van der Waals surface area contributed by atoms with E-state index in [9.17, 15) is 19.2 Å². The summed E-state index contributed by atoms with van der Waals surface area (Å²) in [5.74, 6) is -1.50. The predicted octanol–water partition coefficient (Wildman–Crippen LogP) is 3.65. The van der Waals surface area contributed by atoms with E-state index in [1.54, 1.807) is 26.0 Å². The average Bonchev–Trinajstić information content (AvgIpc) is 2.82. The Morgan fingerprint density at radius 1 is 0.529 bits per heavy atom. The Bertz CT molecular complexity index is 1270. The highest BCUT2D eigenvalue weighted by molar-refractivity contribution is 6.36. The number of aryl methyl sites for hydroxylation is 2. The van der Waals surface area contributed by atoms with Crippen LogP contribution in [-0.2, 0) is 0 Å². The second-order valence-electron chi connectivity index (χ2n) is 7.86. The number of hydrogen-bond acceptors (Lipinski definition) is 8. The minimum absolute atomic E-state index is 0.0205. The Morgan fingerprint density at radius 2 is 0.882 bits per heavy atom. The highest BCUT2D eigenvalue weighted by atomic mass is 16.5. The predicted molar refractivity (Wildman–Crippen MR) is 122 cm³/mol. The van der Waals surface area contributed by atoms with Gasteiger partial charge in [-0.15, -0.1) is 0 Å². The first-order valence-corrected chi connectivity index (χ1v) is 10.3. The third kappa shape index (κ3) is 3.14. The zero-order valence-electron chi connectivity index (χ0n) is 19.6. The zero-order valence-corrected chi connectivity index (χ0v) is 19.6. The Kier molecular flexibility index (Phi) is 5.61. The number of Topliss-reactive ketones (excluding diaryl/α,β-unsaturated/α-hetero) is 2. The van der Waals surface area contributed by atoms with Gasteiger partial charge in [0.15, 0.2) is 23.1 Å². The van der Waals surface area contributed by atoms with E-state index < -0.39 is 23.1 Å². The number of benzene rings is 2. The average molecular weight is 462 g/mol. The van der Waals surface area contributed by atoms with Crippen LogP contribution in [0.3, 0.4) is 0 Å². The summed E-state index contributed by atoms with van der Waals surface area (Å²) in [7, 11) is 5.55. The number of ether oxygens (including phenoxy) is 4. The normalized spacial score (nSPS) is 14.8. The molecule has 0 spiro atoms. The fourth-order valence-corrected chi connectivity index (χ4v) is 4.51. The Hall–Kier alpha value is -4.20. The molecule has 0 unspecified atom stereocenters. The van der Waals surface area contributed by atoms with Gasteiger partial charge in [-0.05, 0) is 49.3 Å². The van der Waals surface area contributed by atoms with Crippen molar-refractivity contribution in [2.24, 2.45) is 0 Å². The van der Waals surface area contributed by atoms with E-state index in [-0.39, 0.29) is 56.4 Å². The van der Waals surface area contributed by atoms with Gasteiger partial charge in [-0.2, -0.15) is 0 Å². The molecule has 0 heterocycles. The molecule has 8 heteroatoms. The van der Waals surface area contributed by atoms with Crippen molar-refractivity contribution in [1.29, 1.82) is 0 Å². The number of rotatable bonds is 5. The molecule has 0 saturated heterocycles. The van der Waals surface area contributed by atoms with Crippen LogP contribution in [0.1, 0.15) is 52.6 Å². The van der Waals surface area contributed by atoms with Crippen molar-refractivity contribution in [3.8, 4) is 23.0 Å². The first-order valence-electron chi connectivity index (χ1n) is 10.3. The maximum Gasteiger partial charge on any atom is 0.198 e. The lowest BCUT2D eigenvalue weighted by atomic mass is 9.78. The van der Waals surface area contributed by atoms with Gasteiger partial charge in [0.2, 0.25) is 0 Å². The third-order valence-electron chi connectivity index (χ3n) is 5.98. The van der Waals surface area contributed by atoms with Crippen LogP contribution in [0.5, 0.6) is 23.0 Å². The van der Waals surface area contributed by atoms with Gasteiger partial charge in [0.25, 0.3) is 0 Å². The monoisotopic (exact) mass is 462 g/mol. The Morgan fingerprint density at radius 3 is 1.18 bits per heavy atom. The van der Waals surface area contributed by atoms with E-state index in [2.05, 4.69) is 0 Å². The molecule has 4 rings (SSSR count). The van der Waals surface area contributed by atoms with Crippen LogP contribution in [0.2, 0.25) is 0 Å². The van der Waals surface area contributed by atoms with E-state index in [1.165, 1.54) is 28.4 Å². The van der Waals surface area contributed by atoms with Crippen molar-refractivity contribution in [3.05, 3.63) is 68.8 Å². The molecule has 2 aliphatic carbocycles. The molecular weight excluding hydrogens is 440 g/mol. The summed E-state index contributed by atoms with van der Waals surface area (Å²) >= 11 is 0. The maximum atomic E-state index is 13.6. The summed E-state index contributed by atoms with van der Waals surface area (Å²) in [6, 6.07) is 3.17. The van der Waals surface area contributed by atoms with Gasteiger partial charge >= 0.3 is 0 Å². The molecule has 0 aromatic heterocycles. The third-order valence-corrected chi connectivity index (χ3v) is 5.98. The summed E-state index contributed by atoms with van der Waals surface area (Å²) in [5, 5.41) is 0. The van der Waals surface area contributed by atoms with Crippen LogP contribution in [0.25, 0.3) is 0 Å². The fourth-order valence-electron chi connectivity index (χ4n) is 4.51. The molecule has 34 heavy (non-hydrogen) atoms. The summed E-state index contributed by atoms with van der Waals surface area (Å²) in [4.78, 5) is 53.5. The standard InChI is InChI=1S/C26H22O8/c1-11-7-17(31-3)21-19(25(11)33-5)15(27)9-13(23(21)29)14-10-16(28)20-22(24(14)30)18(32-4)8-12(2)26(20)34-6/h7-10H,1-6H3. The molecule has 2 aromatic rings. The van der Waals surface area contributed by atoms with E-state index in [4.69, 9.17) is 18.9 Å². The summed E-state index contributed by atoms with van der Waals surface area (Å²) in [6.45, 7) is 3.45. The summed E-state index contributed by atoms with van der Waals surface area (Å²) in [6.07, 6.45) is 2.12. The van der Waals surface area contributed by atoms with Gasteiger partial charge in [0.1, 0.15) is 23.0 Å². The molecule has 2 aromatic carbocycles. The van der Waals surface area contributed by atoms with Crippen molar-refractivity contribution in [2.75, 3.05) is 28.4 Å². The second kappa shape index (κ2) is 8.30. The number of fused-ring (bicyclic) bond motifs is 2. The lowest BCUT2D eigenvalue weighted by molar-refractivity contribution is 0.0957. The summed E-state index contributed by atoms with van der Waals surface area (Å²) in [5.41, 5.74) is 0.887. The van der Waals surface area contributed by atoms with Crippen LogP contribution >= 0.6 is 0 Å². The zero-order chi connectivity index (χ0) is 24.9. The molecule has 0 aliphatic heterocycles. The van der Waals surface area contributed by atoms with Crippen molar-refractivity contribution in [2.45, 2.75) is 13.8 Å². The number of hydrogen-bond donors (Lipinski definition) is 0. The first kappa shape index (κ1) is 23.0. The van der Waals surface area contributed by atoms with E-state index in [1.807, 2.05) is 0 Å². The van der Waals surface area contributed by atoms with Gasteiger partial charge in [0.05, 0.1) is 50.7 Å². The number of allylic oxidation sites excluding steroid dienone is 4. The molecular formula is C26H22O8. The van der Waals surface area contributed by atoms with Crippen molar-refractivity contribution >= 4 is 23.1 Å². The van der Waals surface area contributed by atoms with Crippen molar-refractivity contribution in [1.82, 2.24) is 0 Å². The Labute approximate surface area is 195 Å². The number of ketones is 4. The Balaban J connectivity index is 1.94. The van der Waals surface area contributed by atoms with E-state index in [0.717, 1.165) is 12.2 Å². The molecule has 0 N–H and O–H groups in total. The molecule has 0 radical (unpaired) electrons. The first-order chi connectivity index (χ1) is 16.2. The van der Waals surface area contributed by atoms with Crippen LogP contribution in [-0.4, -0.2) is 51.6 Å². The van der Waals surface area contributed by atoms with Gasteiger partial charge in [-0.1, -0.05) is 0 Å². The number of methoxy groups -OCH3 is 4. The summed E-state index contributed by atoms with van der Waals surface area (Å²) < 4.78 is 21.5. The second-order valence-corrected chi connectivity index (χ2v) is 7.86. The molecule has 174 valence electrons. The molecule has 0 fully saturated rings. The molecule has 2 aliphatic rings. The lowest BCUT2D eigenvalue weighted by Gasteiger charge is -2.25. The van der Waals surface area contributed by atoms with Gasteiger partial charge in [0, 0.05) is 11.1 Å². The van der Waals surface area contributed by atoms with Gasteiger partial charge < -0.3 is 18.9 Å². The van der Waals surface area contributed by atoms with Crippen LogP contribution in [0, 0.1) is 13.8 Å². The lowest BCUT2D eigenvalue weighted by Crippen LogP contribution is -2.27.